The number of pyridine rings is 1. The van der Waals surface area contributed by atoms with E-state index >= 15 is 0 Å². The largest absolute Gasteiger partial charge is 0.393 e. The Kier molecular flexibility index (Phi) is 6.51. The highest BCUT2D eigenvalue weighted by molar-refractivity contribution is 5.47. The van der Waals surface area contributed by atoms with Crippen molar-refractivity contribution in [3.63, 3.8) is 0 Å². The molecule has 0 saturated carbocycles. The minimum absolute atomic E-state index is 0.00977. The Labute approximate surface area is 124 Å². The lowest BCUT2D eigenvalue weighted by molar-refractivity contribution is -0.389. The molecule has 1 aliphatic rings. The molecule has 1 N–H and O–H groups in total. The number of anilines is 1. The molecular formula is C14H23N3O4. The fraction of sp³-hybridized carbons (Fsp3) is 0.643. The van der Waals surface area contributed by atoms with E-state index in [-0.39, 0.29) is 12.4 Å². The number of nitro groups is 1. The average Bonchev–Trinajstić information content (AvgIpc) is 2.57. The van der Waals surface area contributed by atoms with Crippen LogP contribution in [0.15, 0.2) is 18.3 Å². The molecule has 7 heteroatoms. The van der Waals surface area contributed by atoms with Gasteiger partial charge in [-0.15, -0.1) is 0 Å². The minimum Gasteiger partial charge on any atom is -0.393 e. The van der Waals surface area contributed by atoms with Gasteiger partial charge in [-0.3, -0.25) is 0 Å². The van der Waals surface area contributed by atoms with Crippen LogP contribution in [0.2, 0.25) is 0 Å². The summed E-state index contributed by atoms with van der Waals surface area (Å²) in [4.78, 5) is 15.9. The molecule has 0 atom stereocenters. The van der Waals surface area contributed by atoms with Crippen LogP contribution in [0.1, 0.15) is 26.7 Å². The normalized spacial score (nSPS) is 16.9. The van der Waals surface area contributed by atoms with Crippen molar-refractivity contribution in [3.05, 3.63) is 28.4 Å². The number of rotatable bonds is 4. The summed E-state index contributed by atoms with van der Waals surface area (Å²) >= 11 is 0. The zero-order valence-corrected chi connectivity index (χ0v) is 12.8. The molecule has 1 aliphatic heterocycles. The summed E-state index contributed by atoms with van der Waals surface area (Å²) in [7, 11) is 1.61. The summed E-state index contributed by atoms with van der Waals surface area (Å²) in [5.74, 6) is -0.151. The van der Waals surface area contributed by atoms with E-state index in [2.05, 4.69) is 9.88 Å². The second-order valence-electron chi connectivity index (χ2n) is 4.66. The molecule has 7 nitrogen and oxygen atoms in total. The number of ether oxygens (including phenoxy) is 1. The van der Waals surface area contributed by atoms with E-state index in [0.717, 1.165) is 31.6 Å². The first-order valence-corrected chi connectivity index (χ1v) is 7.12. The van der Waals surface area contributed by atoms with E-state index in [1.807, 2.05) is 13.8 Å². The first kappa shape index (κ1) is 17.3. The molecule has 2 rings (SSSR count). The lowest BCUT2D eigenvalue weighted by Crippen LogP contribution is -2.48. The molecule has 1 fully saturated rings. The van der Waals surface area contributed by atoms with Gasteiger partial charge in [0.05, 0.1) is 17.9 Å². The van der Waals surface area contributed by atoms with Crippen LogP contribution < -0.4 is 4.90 Å². The molecule has 0 amide bonds. The molecule has 1 saturated heterocycles. The van der Waals surface area contributed by atoms with Crippen LogP contribution in [-0.2, 0) is 4.74 Å². The Morgan fingerprint density at radius 1 is 1.43 bits per heavy atom. The molecule has 0 bridgehead atoms. The fourth-order valence-corrected chi connectivity index (χ4v) is 2.27. The monoisotopic (exact) mass is 297 g/mol. The average molecular weight is 297 g/mol. The van der Waals surface area contributed by atoms with E-state index in [1.54, 1.807) is 13.2 Å². The highest BCUT2D eigenvalue weighted by atomic mass is 16.6. The van der Waals surface area contributed by atoms with Crippen LogP contribution in [-0.4, -0.2) is 47.4 Å². The smallest absolute Gasteiger partial charge is 0.363 e. The molecule has 1 aromatic heterocycles. The van der Waals surface area contributed by atoms with E-state index in [4.69, 9.17) is 4.74 Å². The van der Waals surface area contributed by atoms with E-state index < -0.39 is 10.5 Å². The maximum Gasteiger partial charge on any atom is 0.363 e. The second kappa shape index (κ2) is 7.90. The van der Waals surface area contributed by atoms with Gasteiger partial charge in [-0.1, -0.05) is 13.8 Å². The van der Waals surface area contributed by atoms with Crippen molar-refractivity contribution in [2.24, 2.45) is 0 Å². The van der Waals surface area contributed by atoms with Crippen molar-refractivity contribution in [1.82, 2.24) is 4.98 Å². The lowest BCUT2D eigenvalue weighted by Gasteiger charge is -2.40. The van der Waals surface area contributed by atoms with Gasteiger partial charge in [0.2, 0.25) is 0 Å². The number of aliphatic hydroxyl groups excluding tert-OH is 1. The van der Waals surface area contributed by atoms with Gasteiger partial charge in [0, 0.05) is 26.3 Å². The number of aliphatic hydroxyl groups is 1. The standard InChI is InChI=1S/C12H17N3O4.C2H6/c1-19-12(9-16)4-6-14(7-5-12)10-2-3-11(13-8-10)15(17)18;1-2/h2-3,8,16H,4-7,9H2,1H3;1-2H3. The van der Waals surface area contributed by atoms with Crippen LogP contribution in [0.4, 0.5) is 11.5 Å². The number of piperidine rings is 1. The highest BCUT2D eigenvalue weighted by Crippen LogP contribution is 2.28. The van der Waals surface area contributed by atoms with Crippen molar-refractivity contribution < 1.29 is 14.8 Å². The second-order valence-corrected chi connectivity index (χ2v) is 4.66. The van der Waals surface area contributed by atoms with Crippen molar-refractivity contribution in [3.8, 4) is 0 Å². The first-order chi connectivity index (χ1) is 10.1. The van der Waals surface area contributed by atoms with Crippen molar-refractivity contribution in [2.45, 2.75) is 32.3 Å². The van der Waals surface area contributed by atoms with Gasteiger partial charge in [0.25, 0.3) is 0 Å². The summed E-state index contributed by atoms with van der Waals surface area (Å²) in [6.07, 6.45) is 2.95. The number of hydrogen-bond donors (Lipinski definition) is 1. The molecule has 0 aliphatic carbocycles. The van der Waals surface area contributed by atoms with Gasteiger partial charge in [-0.2, -0.15) is 0 Å². The van der Waals surface area contributed by atoms with E-state index in [9.17, 15) is 15.2 Å². The Bertz CT molecular complexity index is 436. The van der Waals surface area contributed by atoms with Gasteiger partial charge in [0.15, 0.2) is 6.20 Å². The SMILES string of the molecule is CC.COC1(CO)CCN(c2ccc([N+](=O)[O-])nc2)CC1. The Morgan fingerprint density at radius 2 is 2.05 bits per heavy atom. The van der Waals surface area contributed by atoms with Crippen LogP contribution >= 0.6 is 0 Å². The Balaban J connectivity index is 0.00000106. The molecule has 1 aromatic rings. The van der Waals surface area contributed by atoms with Crippen molar-refractivity contribution in [1.29, 1.82) is 0 Å². The summed E-state index contributed by atoms with van der Waals surface area (Å²) in [5, 5.41) is 19.9. The van der Waals surface area contributed by atoms with Gasteiger partial charge in [0.1, 0.15) is 0 Å². The van der Waals surface area contributed by atoms with E-state index in [0.29, 0.717) is 0 Å². The molecule has 21 heavy (non-hydrogen) atoms. The zero-order chi connectivity index (χ0) is 15.9. The van der Waals surface area contributed by atoms with Crippen molar-refractivity contribution in [2.75, 3.05) is 31.7 Å². The molecule has 118 valence electrons. The number of methoxy groups -OCH3 is 1. The van der Waals surface area contributed by atoms with Crippen LogP contribution in [0, 0.1) is 10.1 Å². The van der Waals surface area contributed by atoms with E-state index in [1.165, 1.54) is 12.3 Å². The maximum absolute atomic E-state index is 10.5. The lowest BCUT2D eigenvalue weighted by atomic mass is 9.92. The quantitative estimate of drug-likeness (QED) is 0.675. The van der Waals surface area contributed by atoms with Gasteiger partial charge >= 0.3 is 5.82 Å². The summed E-state index contributed by atoms with van der Waals surface area (Å²) in [6, 6.07) is 3.10. The Morgan fingerprint density at radius 3 is 2.43 bits per heavy atom. The third-order valence-corrected chi connectivity index (χ3v) is 3.68. The third kappa shape index (κ3) is 4.12. The minimum atomic E-state index is -0.512. The third-order valence-electron chi connectivity index (χ3n) is 3.68. The zero-order valence-electron chi connectivity index (χ0n) is 12.8. The van der Waals surface area contributed by atoms with Gasteiger partial charge in [-0.05, 0) is 28.8 Å². The molecule has 0 aromatic carbocycles. The summed E-state index contributed by atoms with van der Waals surface area (Å²) in [6.45, 7) is 5.47. The predicted molar refractivity (Wildman–Crippen MR) is 80.5 cm³/mol. The van der Waals surface area contributed by atoms with Crippen LogP contribution in [0.5, 0.6) is 0 Å². The van der Waals surface area contributed by atoms with Gasteiger partial charge in [-0.25, -0.2) is 0 Å². The number of aromatic nitrogens is 1. The first-order valence-electron chi connectivity index (χ1n) is 7.12. The summed E-state index contributed by atoms with van der Waals surface area (Å²) < 4.78 is 5.38. The Hall–Kier alpha value is -1.73. The maximum atomic E-state index is 10.5. The van der Waals surface area contributed by atoms with Gasteiger partial charge < -0.3 is 24.9 Å². The molecule has 0 unspecified atom stereocenters. The predicted octanol–water partition coefficient (Wildman–Crippen LogP) is 1.99. The molecule has 0 radical (unpaired) electrons. The number of nitrogens with zero attached hydrogens (tertiary/aromatic N) is 3. The topological polar surface area (TPSA) is 88.7 Å². The molecule has 2 heterocycles. The fourth-order valence-electron chi connectivity index (χ4n) is 2.27. The highest BCUT2D eigenvalue weighted by Gasteiger charge is 2.34. The molecule has 0 spiro atoms. The summed E-state index contributed by atoms with van der Waals surface area (Å²) in [5.41, 5.74) is 0.401. The van der Waals surface area contributed by atoms with Crippen LogP contribution in [0.25, 0.3) is 0 Å². The van der Waals surface area contributed by atoms with Crippen molar-refractivity contribution >= 4 is 11.5 Å². The van der Waals surface area contributed by atoms with Crippen LogP contribution in [0.3, 0.4) is 0 Å². The number of hydrogen-bond acceptors (Lipinski definition) is 6. The molecular weight excluding hydrogens is 274 g/mol.